The fourth-order valence-corrected chi connectivity index (χ4v) is 1.34. The predicted molar refractivity (Wildman–Crippen MR) is 49.9 cm³/mol. The van der Waals surface area contributed by atoms with E-state index in [0.717, 1.165) is 11.0 Å². The average Bonchev–Trinajstić information content (AvgIpc) is 2.47. The minimum atomic E-state index is -0.925. The van der Waals surface area contributed by atoms with Gasteiger partial charge in [0, 0.05) is 7.05 Å². The lowest BCUT2D eigenvalue weighted by molar-refractivity contribution is 0.186. The van der Waals surface area contributed by atoms with Crippen molar-refractivity contribution in [3.63, 3.8) is 0 Å². The minimum Gasteiger partial charge on any atom is -0.375 e. The van der Waals surface area contributed by atoms with Crippen molar-refractivity contribution >= 4 is 11.0 Å². The number of rotatable bonds is 1. The molecule has 4 heteroatoms. The van der Waals surface area contributed by atoms with Crippen molar-refractivity contribution in [1.29, 1.82) is 0 Å². The highest BCUT2D eigenvalue weighted by molar-refractivity contribution is 5.76. The van der Waals surface area contributed by atoms with Crippen LogP contribution in [0.3, 0.4) is 0 Å². The third-order valence-electron chi connectivity index (χ3n) is 2.09. The Balaban J connectivity index is 2.63. The Bertz CT molecular complexity index is 433. The number of hydrogen-bond acceptors (Lipinski definition) is 3. The highest BCUT2D eigenvalue weighted by Crippen LogP contribution is 2.16. The van der Waals surface area contributed by atoms with Crippen molar-refractivity contribution in [2.24, 2.45) is 12.8 Å². The molecule has 68 valence electrons. The van der Waals surface area contributed by atoms with Crippen molar-refractivity contribution in [2.45, 2.75) is 6.23 Å². The number of imidazole rings is 1. The van der Waals surface area contributed by atoms with E-state index in [1.54, 1.807) is 18.5 Å². The summed E-state index contributed by atoms with van der Waals surface area (Å²) >= 11 is 0. The van der Waals surface area contributed by atoms with E-state index in [1.165, 1.54) is 0 Å². The van der Waals surface area contributed by atoms with Gasteiger partial charge in [0.15, 0.2) is 0 Å². The van der Waals surface area contributed by atoms with E-state index in [2.05, 4.69) is 4.98 Å². The first-order valence-corrected chi connectivity index (χ1v) is 4.03. The van der Waals surface area contributed by atoms with Gasteiger partial charge in [-0.1, -0.05) is 6.07 Å². The van der Waals surface area contributed by atoms with Gasteiger partial charge in [0.25, 0.3) is 0 Å². The maximum Gasteiger partial charge on any atom is 0.128 e. The zero-order valence-corrected chi connectivity index (χ0v) is 7.31. The lowest BCUT2D eigenvalue weighted by Crippen LogP contribution is -2.08. The van der Waals surface area contributed by atoms with Crippen LogP contribution in [0.15, 0.2) is 24.5 Å². The Hall–Kier alpha value is -1.39. The zero-order valence-electron chi connectivity index (χ0n) is 7.31. The second-order valence-electron chi connectivity index (χ2n) is 3.05. The van der Waals surface area contributed by atoms with Gasteiger partial charge in [-0.05, 0) is 17.7 Å². The van der Waals surface area contributed by atoms with Crippen LogP contribution in [0, 0.1) is 0 Å². The van der Waals surface area contributed by atoms with Crippen LogP contribution in [0.2, 0.25) is 0 Å². The van der Waals surface area contributed by atoms with Crippen molar-refractivity contribution in [2.75, 3.05) is 0 Å². The molecule has 1 aromatic carbocycles. The van der Waals surface area contributed by atoms with E-state index in [1.807, 2.05) is 17.7 Å². The molecule has 0 saturated heterocycles. The summed E-state index contributed by atoms with van der Waals surface area (Å²) in [6.45, 7) is 0. The lowest BCUT2D eigenvalue weighted by atomic mass is 10.2. The van der Waals surface area contributed by atoms with Gasteiger partial charge in [-0.15, -0.1) is 0 Å². The lowest BCUT2D eigenvalue weighted by Gasteiger charge is -2.03. The molecular weight excluding hydrogens is 166 g/mol. The number of hydrogen-bond donors (Lipinski definition) is 2. The number of aliphatic hydroxyl groups is 1. The Kier molecular flexibility index (Phi) is 1.79. The summed E-state index contributed by atoms with van der Waals surface area (Å²) in [5.74, 6) is 0. The van der Waals surface area contributed by atoms with Gasteiger partial charge >= 0.3 is 0 Å². The molecule has 0 aliphatic rings. The molecule has 4 nitrogen and oxygen atoms in total. The zero-order chi connectivity index (χ0) is 9.42. The largest absolute Gasteiger partial charge is 0.375 e. The molecule has 0 bridgehead atoms. The van der Waals surface area contributed by atoms with Gasteiger partial charge in [0.05, 0.1) is 17.4 Å². The van der Waals surface area contributed by atoms with Crippen LogP contribution in [0.1, 0.15) is 11.8 Å². The highest BCUT2D eigenvalue weighted by Gasteiger charge is 2.04. The van der Waals surface area contributed by atoms with Gasteiger partial charge in [-0.25, -0.2) is 4.98 Å². The number of aliphatic hydroxyl groups excluding tert-OH is 1. The van der Waals surface area contributed by atoms with E-state index < -0.39 is 6.23 Å². The summed E-state index contributed by atoms with van der Waals surface area (Å²) < 4.78 is 1.92. The second-order valence-corrected chi connectivity index (χ2v) is 3.05. The molecule has 1 heterocycles. The molecule has 13 heavy (non-hydrogen) atoms. The Labute approximate surface area is 75.6 Å². The molecular formula is C9H11N3O. The molecule has 0 aliphatic carbocycles. The molecule has 0 spiro atoms. The topological polar surface area (TPSA) is 64.1 Å². The summed E-state index contributed by atoms with van der Waals surface area (Å²) in [5, 5.41) is 9.13. The van der Waals surface area contributed by atoms with Gasteiger partial charge in [-0.2, -0.15) is 0 Å². The van der Waals surface area contributed by atoms with Gasteiger partial charge in [0.1, 0.15) is 6.23 Å². The highest BCUT2D eigenvalue weighted by atomic mass is 16.3. The van der Waals surface area contributed by atoms with Gasteiger partial charge < -0.3 is 15.4 Å². The van der Waals surface area contributed by atoms with E-state index in [-0.39, 0.29) is 0 Å². The van der Waals surface area contributed by atoms with E-state index in [0.29, 0.717) is 5.56 Å². The monoisotopic (exact) mass is 177 g/mol. The molecule has 1 atom stereocenters. The first-order valence-electron chi connectivity index (χ1n) is 4.03. The molecule has 1 unspecified atom stereocenters. The number of fused-ring (bicyclic) bond motifs is 1. The van der Waals surface area contributed by atoms with Crippen molar-refractivity contribution in [3.8, 4) is 0 Å². The van der Waals surface area contributed by atoms with Crippen LogP contribution in [0.4, 0.5) is 0 Å². The summed E-state index contributed by atoms with van der Waals surface area (Å²) in [4.78, 5) is 4.16. The Morgan fingerprint density at radius 1 is 1.54 bits per heavy atom. The number of aromatic nitrogens is 2. The van der Waals surface area contributed by atoms with Crippen molar-refractivity contribution in [3.05, 3.63) is 30.1 Å². The summed E-state index contributed by atoms with van der Waals surface area (Å²) in [7, 11) is 1.92. The van der Waals surface area contributed by atoms with Gasteiger partial charge in [-0.3, -0.25) is 0 Å². The summed E-state index contributed by atoms with van der Waals surface area (Å²) in [5.41, 5.74) is 7.90. The molecule has 1 aromatic heterocycles. The number of aryl methyl sites for hydroxylation is 1. The van der Waals surface area contributed by atoms with Crippen LogP contribution in [0.25, 0.3) is 11.0 Å². The van der Waals surface area contributed by atoms with Gasteiger partial charge in [0.2, 0.25) is 0 Å². The molecule has 0 radical (unpaired) electrons. The quantitative estimate of drug-likeness (QED) is 0.624. The third kappa shape index (κ3) is 1.30. The SMILES string of the molecule is Cn1cnc2cc(C(N)O)ccc21. The van der Waals surface area contributed by atoms with Crippen LogP contribution in [-0.2, 0) is 7.05 Å². The minimum absolute atomic E-state index is 0.686. The fourth-order valence-electron chi connectivity index (χ4n) is 1.34. The summed E-state index contributed by atoms with van der Waals surface area (Å²) in [6.07, 6.45) is 0.809. The maximum absolute atomic E-state index is 9.13. The Morgan fingerprint density at radius 3 is 3.00 bits per heavy atom. The fraction of sp³-hybridized carbons (Fsp3) is 0.222. The van der Waals surface area contributed by atoms with Crippen LogP contribution >= 0.6 is 0 Å². The maximum atomic E-state index is 9.13. The molecule has 0 amide bonds. The van der Waals surface area contributed by atoms with E-state index >= 15 is 0 Å². The third-order valence-corrected chi connectivity index (χ3v) is 2.09. The Morgan fingerprint density at radius 2 is 2.31 bits per heavy atom. The number of nitrogens with zero attached hydrogens (tertiary/aromatic N) is 2. The van der Waals surface area contributed by atoms with E-state index in [9.17, 15) is 0 Å². The number of benzene rings is 1. The first-order chi connectivity index (χ1) is 6.18. The average molecular weight is 177 g/mol. The van der Waals surface area contributed by atoms with Crippen LogP contribution in [-0.4, -0.2) is 14.7 Å². The van der Waals surface area contributed by atoms with Crippen molar-refractivity contribution < 1.29 is 5.11 Å². The van der Waals surface area contributed by atoms with E-state index in [4.69, 9.17) is 10.8 Å². The molecule has 2 aromatic rings. The van der Waals surface area contributed by atoms with Crippen LogP contribution in [0.5, 0.6) is 0 Å². The molecule has 0 fully saturated rings. The molecule has 2 rings (SSSR count). The van der Waals surface area contributed by atoms with Crippen molar-refractivity contribution in [1.82, 2.24) is 9.55 Å². The predicted octanol–water partition coefficient (Wildman–Crippen LogP) is 0.523. The molecule has 0 aliphatic heterocycles. The smallest absolute Gasteiger partial charge is 0.128 e. The molecule has 3 N–H and O–H groups in total. The molecule has 0 saturated carbocycles. The summed E-state index contributed by atoms with van der Waals surface area (Å²) in [6, 6.07) is 5.49. The standard InChI is InChI=1S/C9H11N3O/c1-12-5-11-7-4-6(9(10)13)2-3-8(7)12/h2-5,9,13H,10H2,1H3. The van der Waals surface area contributed by atoms with Crippen LogP contribution < -0.4 is 5.73 Å². The second kappa shape index (κ2) is 2.83. The first kappa shape index (κ1) is 8.22. The number of nitrogens with two attached hydrogens (primary N) is 1. The normalized spacial score (nSPS) is 13.5.